The van der Waals surface area contributed by atoms with E-state index in [1.807, 2.05) is 24.3 Å². The van der Waals surface area contributed by atoms with Crippen LogP contribution < -0.4 is 4.90 Å². The van der Waals surface area contributed by atoms with E-state index < -0.39 is 34.8 Å². The minimum absolute atomic E-state index is 0.106. The number of nitrogens with zero attached hydrogens (tertiary/aromatic N) is 3. The summed E-state index contributed by atoms with van der Waals surface area (Å²) in [6.07, 6.45) is 0.299. The first-order valence-corrected chi connectivity index (χ1v) is 10.7. The SMILES string of the molecule is O=C1[C@@H]2Cc3c([nH]c4ccccc34)[C@@H](c3cccc([N+](=O)[O-])c3)N2C(=O)N1c1ccc(F)cc1. The highest BCUT2D eigenvalue weighted by Gasteiger charge is 2.53. The number of aromatic nitrogens is 1. The Balaban J connectivity index is 1.55. The van der Waals surface area contributed by atoms with Gasteiger partial charge in [-0.15, -0.1) is 0 Å². The molecule has 2 atom stereocenters. The summed E-state index contributed by atoms with van der Waals surface area (Å²) >= 11 is 0. The molecule has 0 saturated carbocycles. The molecule has 3 amide bonds. The normalized spacial score (nSPS) is 19.4. The number of nitro benzene ring substituents is 1. The molecule has 0 bridgehead atoms. The van der Waals surface area contributed by atoms with Crippen LogP contribution in [-0.4, -0.2) is 32.8 Å². The number of rotatable bonds is 3. The second-order valence-electron chi connectivity index (χ2n) is 8.38. The molecule has 4 aromatic rings. The van der Waals surface area contributed by atoms with Crippen LogP contribution in [0.25, 0.3) is 10.9 Å². The molecule has 3 heterocycles. The Morgan fingerprint density at radius 1 is 1.00 bits per heavy atom. The number of para-hydroxylation sites is 1. The second-order valence-corrected chi connectivity index (χ2v) is 8.38. The third-order valence-corrected chi connectivity index (χ3v) is 6.53. The fraction of sp³-hybridized carbons (Fsp3) is 0.120. The summed E-state index contributed by atoms with van der Waals surface area (Å²) in [5, 5.41) is 12.4. The molecule has 2 aliphatic heterocycles. The third kappa shape index (κ3) is 2.83. The van der Waals surface area contributed by atoms with Gasteiger partial charge in [0.25, 0.3) is 11.6 Å². The average molecular weight is 456 g/mol. The molecule has 9 heteroatoms. The number of non-ortho nitro benzene ring substituents is 1. The fourth-order valence-electron chi connectivity index (χ4n) is 5.06. The Kier molecular flexibility index (Phi) is 4.28. The summed E-state index contributed by atoms with van der Waals surface area (Å²) < 4.78 is 13.5. The number of urea groups is 1. The highest BCUT2D eigenvalue weighted by Crippen LogP contribution is 2.45. The first kappa shape index (κ1) is 20.1. The summed E-state index contributed by atoms with van der Waals surface area (Å²) in [4.78, 5) is 44.0. The lowest BCUT2D eigenvalue weighted by molar-refractivity contribution is -0.384. The molecule has 0 radical (unpaired) electrons. The molecular formula is C25H17FN4O4. The van der Waals surface area contributed by atoms with E-state index in [1.54, 1.807) is 12.1 Å². The smallest absolute Gasteiger partial charge is 0.332 e. The van der Waals surface area contributed by atoms with E-state index in [0.717, 1.165) is 27.1 Å². The number of fused-ring (bicyclic) bond motifs is 4. The van der Waals surface area contributed by atoms with Crippen LogP contribution in [0.5, 0.6) is 0 Å². The van der Waals surface area contributed by atoms with Crippen molar-refractivity contribution in [2.45, 2.75) is 18.5 Å². The highest BCUT2D eigenvalue weighted by molar-refractivity contribution is 6.22. The first-order chi connectivity index (χ1) is 16.4. The molecule has 3 aromatic carbocycles. The number of amides is 3. The van der Waals surface area contributed by atoms with Crippen molar-refractivity contribution in [1.82, 2.24) is 9.88 Å². The van der Waals surface area contributed by atoms with Gasteiger partial charge >= 0.3 is 6.03 Å². The van der Waals surface area contributed by atoms with Crippen LogP contribution in [0.15, 0.2) is 72.8 Å². The van der Waals surface area contributed by atoms with E-state index in [1.165, 1.54) is 41.3 Å². The van der Waals surface area contributed by atoms with Crippen LogP contribution in [0.2, 0.25) is 0 Å². The molecule has 34 heavy (non-hydrogen) atoms. The van der Waals surface area contributed by atoms with Crippen LogP contribution >= 0.6 is 0 Å². The Morgan fingerprint density at radius 3 is 2.53 bits per heavy atom. The maximum atomic E-state index is 13.7. The van der Waals surface area contributed by atoms with Crippen molar-refractivity contribution in [3.8, 4) is 0 Å². The minimum atomic E-state index is -0.798. The standard InChI is InChI=1S/C25H17FN4O4/c26-15-8-10-16(11-9-15)28-24(31)21-13-19-18-6-1-2-7-20(18)27-22(19)23(29(21)25(28)32)14-4-3-5-17(12-14)30(33)34/h1-12,21,23,27H,13H2/t21-,23+/m0/s1. The zero-order valence-electron chi connectivity index (χ0n) is 17.6. The number of aromatic amines is 1. The van der Waals surface area contributed by atoms with Crippen LogP contribution in [0.4, 0.5) is 20.6 Å². The molecule has 6 rings (SSSR count). The van der Waals surface area contributed by atoms with Crippen molar-refractivity contribution in [3.63, 3.8) is 0 Å². The highest BCUT2D eigenvalue weighted by atomic mass is 19.1. The van der Waals surface area contributed by atoms with Gasteiger partial charge in [0.05, 0.1) is 10.6 Å². The summed E-state index contributed by atoms with van der Waals surface area (Å²) in [5.74, 6) is -0.889. The fourth-order valence-corrected chi connectivity index (χ4v) is 5.06. The van der Waals surface area contributed by atoms with Gasteiger partial charge < -0.3 is 4.98 Å². The number of imide groups is 1. The van der Waals surface area contributed by atoms with Crippen molar-refractivity contribution in [3.05, 3.63) is 106 Å². The van der Waals surface area contributed by atoms with E-state index in [9.17, 15) is 24.1 Å². The van der Waals surface area contributed by atoms with Gasteiger partial charge in [-0.25, -0.2) is 14.1 Å². The van der Waals surface area contributed by atoms with Crippen LogP contribution in [0.3, 0.4) is 0 Å². The molecule has 1 N–H and O–H groups in total. The Labute approximate surface area is 192 Å². The van der Waals surface area contributed by atoms with Gasteiger partial charge in [0.2, 0.25) is 0 Å². The summed E-state index contributed by atoms with van der Waals surface area (Å²) in [7, 11) is 0. The van der Waals surface area contributed by atoms with Crippen molar-refractivity contribution < 1.29 is 18.9 Å². The van der Waals surface area contributed by atoms with E-state index in [2.05, 4.69) is 4.98 Å². The number of carbonyl (C=O) groups excluding carboxylic acids is 2. The lowest BCUT2D eigenvalue weighted by Gasteiger charge is -2.35. The lowest BCUT2D eigenvalue weighted by atomic mass is 9.88. The van der Waals surface area contributed by atoms with Crippen LogP contribution in [0.1, 0.15) is 22.9 Å². The third-order valence-electron chi connectivity index (χ3n) is 6.53. The molecular weight excluding hydrogens is 439 g/mol. The molecule has 0 spiro atoms. The second kappa shape index (κ2) is 7.24. The average Bonchev–Trinajstić information content (AvgIpc) is 3.33. The van der Waals surface area contributed by atoms with Crippen LogP contribution in [-0.2, 0) is 11.2 Å². The zero-order valence-corrected chi connectivity index (χ0v) is 17.6. The maximum absolute atomic E-state index is 13.7. The molecule has 8 nitrogen and oxygen atoms in total. The number of nitro groups is 1. The van der Waals surface area contributed by atoms with Crippen molar-refractivity contribution in [1.29, 1.82) is 0 Å². The maximum Gasteiger partial charge on any atom is 0.332 e. The number of hydrogen-bond donors (Lipinski definition) is 1. The number of carbonyl (C=O) groups is 2. The summed E-state index contributed by atoms with van der Waals surface area (Å²) in [6, 6.07) is 16.8. The first-order valence-electron chi connectivity index (χ1n) is 10.7. The molecule has 0 unspecified atom stereocenters. The number of benzene rings is 3. The monoisotopic (exact) mass is 456 g/mol. The van der Waals surface area contributed by atoms with E-state index >= 15 is 0 Å². The van der Waals surface area contributed by atoms with Gasteiger partial charge in [-0.1, -0.05) is 30.3 Å². The zero-order chi connectivity index (χ0) is 23.6. The number of halogens is 1. The molecule has 1 saturated heterocycles. The van der Waals surface area contributed by atoms with Gasteiger partial charge in [0.1, 0.15) is 17.9 Å². The molecule has 1 aromatic heterocycles. The number of H-pyrrole nitrogens is 1. The predicted molar refractivity (Wildman–Crippen MR) is 122 cm³/mol. The molecule has 0 aliphatic carbocycles. The Morgan fingerprint density at radius 2 is 1.76 bits per heavy atom. The van der Waals surface area contributed by atoms with Gasteiger partial charge in [0, 0.05) is 35.2 Å². The van der Waals surface area contributed by atoms with Gasteiger partial charge in [-0.05, 0) is 41.5 Å². The Hall–Kier alpha value is -4.53. The van der Waals surface area contributed by atoms with Crippen LogP contribution in [0, 0.1) is 15.9 Å². The van der Waals surface area contributed by atoms with Crippen molar-refractivity contribution in [2.24, 2.45) is 0 Å². The van der Waals surface area contributed by atoms with E-state index in [4.69, 9.17) is 0 Å². The van der Waals surface area contributed by atoms with Crippen molar-refractivity contribution >= 4 is 34.2 Å². The topological polar surface area (TPSA) is 99.5 Å². The quantitative estimate of drug-likeness (QED) is 0.274. The van der Waals surface area contributed by atoms with Gasteiger partial charge in [-0.3, -0.25) is 19.8 Å². The van der Waals surface area contributed by atoms with Gasteiger partial charge in [-0.2, -0.15) is 0 Å². The summed E-state index contributed by atoms with van der Waals surface area (Å²) in [5.41, 5.74) is 3.17. The lowest BCUT2D eigenvalue weighted by Crippen LogP contribution is -2.44. The number of hydrogen-bond acceptors (Lipinski definition) is 4. The Bertz CT molecular complexity index is 1500. The van der Waals surface area contributed by atoms with E-state index in [-0.39, 0.29) is 11.4 Å². The summed E-state index contributed by atoms with van der Waals surface area (Å²) in [6.45, 7) is 0. The number of nitrogens with one attached hydrogen (secondary N) is 1. The molecule has 2 aliphatic rings. The minimum Gasteiger partial charge on any atom is -0.356 e. The van der Waals surface area contributed by atoms with Crippen molar-refractivity contribution in [2.75, 3.05) is 4.90 Å². The van der Waals surface area contributed by atoms with Gasteiger partial charge in [0.15, 0.2) is 0 Å². The predicted octanol–water partition coefficient (Wildman–Crippen LogP) is 4.70. The van der Waals surface area contributed by atoms with E-state index in [0.29, 0.717) is 12.0 Å². The largest absolute Gasteiger partial charge is 0.356 e. The number of anilines is 1. The molecule has 1 fully saturated rings. The molecule has 168 valence electrons.